The largest absolute Gasteiger partial charge is 0.339 e. The van der Waals surface area contributed by atoms with Gasteiger partial charge in [-0.15, -0.1) is 12.4 Å². The zero-order valence-corrected chi connectivity index (χ0v) is 10.7. The van der Waals surface area contributed by atoms with Crippen molar-refractivity contribution >= 4 is 24.3 Å². The molecule has 1 fully saturated rings. The lowest BCUT2D eigenvalue weighted by Crippen LogP contribution is -2.49. The Morgan fingerprint density at radius 2 is 1.82 bits per heavy atom. The SMILES string of the molecule is CCC(=O)N1CCN(c2ncccn2)CC1.Cl. The number of anilines is 1. The van der Waals surface area contributed by atoms with Crippen LogP contribution in [-0.2, 0) is 4.79 Å². The van der Waals surface area contributed by atoms with Crippen LogP contribution in [0, 0.1) is 0 Å². The second-order valence-corrected chi connectivity index (χ2v) is 3.77. The molecule has 1 aliphatic heterocycles. The lowest BCUT2D eigenvalue weighted by Gasteiger charge is -2.34. The van der Waals surface area contributed by atoms with Gasteiger partial charge in [-0.3, -0.25) is 4.79 Å². The van der Waals surface area contributed by atoms with Crippen LogP contribution < -0.4 is 4.90 Å². The molecule has 0 aromatic carbocycles. The van der Waals surface area contributed by atoms with Gasteiger partial charge in [-0.2, -0.15) is 0 Å². The van der Waals surface area contributed by atoms with E-state index in [-0.39, 0.29) is 18.3 Å². The molecule has 1 amide bonds. The number of hydrogen-bond acceptors (Lipinski definition) is 4. The van der Waals surface area contributed by atoms with Crippen LogP contribution in [0.5, 0.6) is 0 Å². The molecule has 0 N–H and O–H groups in total. The van der Waals surface area contributed by atoms with Crippen molar-refractivity contribution in [1.29, 1.82) is 0 Å². The Kier molecular flexibility index (Phi) is 5.15. The van der Waals surface area contributed by atoms with E-state index in [1.165, 1.54) is 0 Å². The van der Waals surface area contributed by atoms with Gasteiger partial charge in [0.25, 0.3) is 0 Å². The van der Waals surface area contributed by atoms with Gasteiger partial charge >= 0.3 is 0 Å². The summed E-state index contributed by atoms with van der Waals surface area (Å²) in [7, 11) is 0. The molecule has 2 heterocycles. The van der Waals surface area contributed by atoms with Gasteiger partial charge in [-0.25, -0.2) is 9.97 Å². The molecule has 0 radical (unpaired) electrons. The predicted octanol–water partition coefficient (Wildman–Crippen LogP) is 0.957. The minimum Gasteiger partial charge on any atom is -0.339 e. The first-order valence-corrected chi connectivity index (χ1v) is 5.61. The highest BCUT2D eigenvalue weighted by atomic mass is 35.5. The van der Waals surface area contributed by atoms with Gasteiger partial charge in [0.1, 0.15) is 0 Å². The third-order valence-corrected chi connectivity index (χ3v) is 2.77. The van der Waals surface area contributed by atoms with Crippen molar-refractivity contribution in [1.82, 2.24) is 14.9 Å². The molecule has 0 bridgehead atoms. The summed E-state index contributed by atoms with van der Waals surface area (Å²) < 4.78 is 0. The van der Waals surface area contributed by atoms with Crippen LogP contribution >= 0.6 is 12.4 Å². The minimum absolute atomic E-state index is 0. The summed E-state index contributed by atoms with van der Waals surface area (Å²) in [5.41, 5.74) is 0. The highest BCUT2D eigenvalue weighted by molar-refractivity contribution is 5.85. The van der Waals surface area contributed by atoms with E-state index < -0.39 is 0 Å². The monoisotopic (exact) mass is 256 g/mol. The van der Waals surface area contributed by atoms with Crippen molar-refractivity contribution in [3.05, 3.63) is 18.5 Å². The Morgan fingerprint density at radius 1 is 1.24 bits per heavy atom. The maximum Gasteiger partial charge on any atom is 0.225 e. The number of hydrogen-bond donors (Lipinski definition) is 0. The number of nitrogens with zero attached hydrogens (tertiary/aromatic N) is 4. The van der Waals surface area contributed by atoms with Crippen molar-refractivity contribution in [3.63, 3.8) is 0 Å². The van der Waals surface area contributed by atoms with Gasteiger partial charge < -0.3 is 9.80 Å². The van der Waals surface area contributed by atoms with Gasteiger partial charge in [0.05, 0.1) is 0 Å². The fourth-order valence-corrected chi connectivity index (χ4v) is 1.83. The summed E-state index contributed by atoms with van der Waals surface area (Å²) in [4.78, 5) is 23.9. The van der Waals surface area contributed by atoms with Crippen LogP contribution in [0.4, 0.5) is 5.95 Å². The van der Waals surface area contributed by atoms with Crippen molar-refractivity contribution in [2.45, 2.75) is 13.3 Å². The minimum atomic E-state index is 0. The molecule has 0 aliphatic carbocycles. The molecule has 1 aromatic rings. The van der Waals surface area contributed by atoms with Crippen LogP contribution in [0.1, 0.15) is 13.3 Å². The van der Waals surface area contributed by atoms with Crippen molar-refractivity contribution in [2.75, 3.05) is 31.1 Å². The lowest BCUT2D eigenvalue weighted by atomic mass is 10.3. The molecule has 0 atom stereocenters. The molecule has 94 valence electrons. The van der Waals surface area contributed by atoms with E-state index in [4.69, 9.17) is 0 Å². The molecule has 6 heteroatoms. The third-order valence-electron chi connectivity index (χ3n) is 2.77. The maximum atomic E-state index is 11.5. The van der Waals surface area contributed by atoms with E-state index in [0.29, 0.717) is 6.42 Å². The number of carbonyl (C=O) groups is 1. The quantitative estimate of drug-likeness (QED) is 0.791. The first kappa shape index (κ1) is 13.7. The van der Waals surface area contributed by atoms with Crippen LogP contribution in [0.2, 0.25) is 0 Å². The van der Waals surface area contributed by atoms with E-state index in [2.05, 4.69) is 14.9 Å². The summed E-state index contributed by atoms with van der Waals surface area (Å²) >= 11 is 0. The molecule has 2 rings (SSSR count). The topological polar surface area (TPSA) is 49.3 Å². The van der Waals surface area contributed by atoms with Crippen molar-refractivity contribution < 1.29 is 4.79 Å². The Hall–Kier alpha value is -1.36. The highest BCUT2D eigenvalue weighted by Gasteiger charge is 2.20. The lowest BCUT2D eigenvalue weighted by molar-refractivity contribution is -0.131. The number of carbonyl (C=O) groups excluding carboxylic acids is 1. The number of halogens is 1. The second kappa shape index (κ2) is 6.39. The van der Waals surface area contributed by atoms with Crippen LogP contribution in [-0.4, -0.2) is 47.0 Å². The smallest absolute Gasteiger partial charge is 0.225 e. The molecule has 17 heavy (non-hydrogen) atoms. The second-order valence-electron chi connectivity index (χ2n) is 3.77. The third kappa shape index (κ3) is 3.30. The number of piperazine rings is 1. The fourth-order valence-electron chi connectivity index (χ4n) is 1.83. The van der Waals surface area contributed by atoms with Crippen LogP contribution in [0.25, 0.3) is 0 Å². The van der Waals surface area contributed by atoms with E-state index >= 15 is 0 Å². The first-order valence-electron chi connectivity index (χ1n) is 5.61. The van der Waals surface area contributed by atoms with E-state index in [1.807, 2.05) is 11.8 Å². The molecule has 0 spiro atoms. The van der Waals surface area contributed by atoms with E-state index in [1.54, 1.807) is 18.5 Å². The Balaban J connectivity index is 0.00000144. The average Bonchev–Trinajstić information content (AvgIpc) is 2.39. The predicted molar refractivity (Wildman–Crippen MR) is 68.4 cm³/mol. The van der Waals surface area contributed by atoms with Crippen LogP contribution in [0.15, 0.2) is 18.5 Å². The molecule has 1 saturated heterocycles. The summed E-state index contributed by atoms with van der Waals surface area (Å²) in [6.45, 7) is 5.07. The molecule has 1 aliphatic rings. The Labute approximate surface area is 107 Å². The standard InChI is InChI=1S/C11H16N4O.ClH/c1-2-10(16)14-6-8-15(9-7-14)11-12-4-3-5-13-11;/h3-5H,2,6-9H2,1H3;1H. The molecular weight excluding hydrogens is 240 g/mol. The number of amides is 1. The molecule has 1 aromatic heterocycles. The highest BCUT2D eigenvalue weighted by Crippen LogP contribution is 2.10. The summed E-state index contributed by atoms with van der Waals surface area (Å²) in [5, 5.41) is 0. The Bertz CT molecular complexity index is 352. The maximum absolute atomic E-state index is 11.5. The molecular formula is C11H17ClN4O. The summed E-state index contributed by atoms with van der Waals surface area (Å²) in [6, 6.07) is 1.81. The van der Waals surface area contributed by atoms with Crippen LogP contribution in [0.3, 0.4) is 0 Å². The molecule has 0 saturated carbocycles. The molecule has 5 nitrogen and oxygen atoms in total. The van der Waals surface area contributed by atoms with E-state index in [9.17, 15) is 4.79 Å². The zero-order chi connectivity index (χ0) is 11.4. The summed E-state index contributed by atoms with van der Waals surface area (Å²) in [6.07, 6.45) is 4.07. The number of rotatable bonds is 2. The van der Waals surface area contributed by atoms with Crippen molar-refractivity contribution in [2.24, 2.45) is 0 Å². The zero-order valence-electron chi connectivity index (χ0n) is 9.87. The Morgan fingerprint density at radius 3 is 2.35 bits per heavy atom. The van der Waals surface area contributed by atoms with E-state index in [0.717, 1.165) is 32.1 Å². The van der Waals surface area contributed by atoms with Gasteiger partial charge in [0.15, 0.2) is 0 Å². The van der Waals surface area contributed by atoms with Gasteiger partial charge in [-0.1, -0.05) is 6.92 Å². The fraction of sp³-hybridized carbons (Fsp3) is 0.545. The average molecular weight is 257 g/mol. The summed E-state index contributed by atoms with van der Waals surface area (Å²) in [5.74, 6) is 0.986. The van der Waals surface area contributed by atoms with Gasteiger partial charge in [0, 0.05) is 45.0 Å². The molecule has 0 unspecified atom stereocenters. The van der Waals surface area contributed by atoms with Crippen molar-refractivity contribution in [3.8, 4) is 0 Å². The first-order chi connectivity index (χ1) is 7.81. The van der Waals surface area contributed by atoms with Gasteiger partial charge in [-0.05, 0) is 6.07 Å². The normalized spacial score (nSPS) is 15.4. The number of aromatic nitrogens is 2. The van der Waals surface area contributed by atoms with Gasteiger partial charge in [0.2, 0.25) is 11.9 Å².